The van der Waals surface area contributed by atoms with Crippen LogP contribution in [0.1, 0.15) is 20.8 Å². The van der Waals surface area contributed by atoms with Crippen molar-refractivity contribution in [3.63, 3.8) is 0 Å². The summed E-state index contributed by atoms with van der Waals surface area (Å²) in [5.74, 6) is -1.15. The van der Waals surface area contributed by atoms with Crippen LogP contribution >= 0.6 is 11.3 Å². The molecule has 3 N–H and O–H groups in total. The smallest absolute Gasteiger partial charge is 0.345 e. The Balaban J connectivity index is 2.37. The van der Waals surface area contributed by atoms with E-state index in [1.165, 1.54) is 12.1 Å². The van der Waals surface area contributed by atoms with Gasteiger partial charge in [0.2, 0.25) is 0 Å². The molecule has 2 aromatic rings. The van der Waals surface area contributed by atoms with Crippen molar-refractivity contribution in [2.75, 3.05) is 4.72 Å². The quantitative estimate of drug-likeness (QED) is 0.800. The van der Waals surface area contributed by atoms with Gasteiger partial charge in [0.1, 0.15) is 14.8 Å². The normalized spacial score (nSPS) is 11.3. The van der Waals surface area contributed by atoms with Crippen LogP contribution in [-0.4, -0.2) is 24.6 Å². The number of sulfonamides is 1. The Hall–Kier alpha value is -2.06. The summed E-state index contributed by atoms with van der Waals surface area (Å²) in [5.41, 5.74) is 1.30. The Morgan fingerprint density at radius 1 is 1.19 bits per heavy atom. The summed E-state index contributed by atoms with van der Waals surface area (Å²) in [5, 5.41) is 18.6. The van der Waals surface area contributed by atoms with Gasteiger partial charge in [-0.3, -0.25) is 4.72 Å². The number of rotatable bonds is 4. The van der Waals surface area contributed by atoms with E-state index in [1.807, 2.05) is 0 Å². The van der Waals surface area contributed by atoms with E-state index in [4.69, 9.17) is 5.11 Å². The SMILES string of the molecule is Cc1ccc(NS(=O)(=O)c2ccc(C(=O)O)s2)c(C)c1O. The Bertz CT molecular complexity index is 808. The predicted molar refractivity (Wildman–Crippen MR) is 79.7 cm³/mol. The van der Waals surface area contributed by atoms with Gasteiger partial charge < -0.3 is 10.2 Å². The molecule has 2 rings (SSSR count). The van der Waals surface area contributed by atoms with Gasteiger partial charge >= 0.3 is 5.97 Å². The monoisotopic (exact) mass is 327 g/mol. The van der Waals surface area contributed by atoms with Crippen molar-refractivity contribution in [2.45, 2.75) is 18.1 Å². The number of carbonyl (C=O) groups is 1. The van der Waals surface area contributed by atoms with Crippen molar-refractivity contribution in [3.05, 3.63) is 40.3 Å². The van der Waals surface area contributed by atoms with E-state index in [-0.39, 0.29) is 20.5 Å². The van der Waals surface area contributed by atoms with Gasteiger partial charge in [0.15, 0.2) is 0 Å². The first kappa shape index (κ1) is 15.3. The number of anilines is 1. The summed E-state index contributed by atoms with van der Waals surface area (Å²) >= 11 is 0.668. The summed E-state index contributed by atoms with van der Waals surface area (Å²) in [7, 11) is -3.88. The molecular formula is C13H13NO5S2. The van der Waals surface area contributed by atoms with Crippen LogP contribution in [0.4, 0.5) is 5.69 Å². The molecule has 0 aliphatic rings. The minimum Gasteiger partial charge on any atom is -0.507 e. The highest BCUT2D eigenvalue weighted by Gasteiger charge is 2.20. The Labute approximate surface area is 125 Å². The van der Waals surface area contributed by atoms with E-state index in [1.54, 1.807) is 26.0 Å². The highest BCUT2D eigenvalue weighted by Crippen LogP contribution is 2.31. The Morgan fingerprint density at radius 2 is 1.86 bits per heavy atom. The van der Waals surface area contributed by atoms with Crippen LogP contribution in [0.2, 0.25) is 0 Å². The Morgan fingerprint density at radius 3 is 2.43 bits per heavy atom. The average molecular weight is 327 g/mol. The molecule has 0 fully saturated rings. The van der Waals surface area contributed by atoms with E-state index < -0.39 is 16.0 Å². The van der Waals surface area contributed by atoms with E-state index in [2.05, 4.69) is 4.72 Å². The summed E-state index contributed by atoms with van der Waals surface area (Å²) in [6, 6.07) is 5.62. The van der Waals surface area contributed by atoms with Gasteiger partial charge in [-0.15, -0.1) is 11.3 Å². The number of aryl methyl sites for hydroxylation is 1. The van der Waals surface area contributed by atoms with Crippen molar-refractivity contribution in [1.82, 2.24) is 0 Å². The number of aromatic carboxylic acids is 1. The number of hydrogen-bond donors (Lipinski definition) is 3. The minimum atomic E-state index is -3.88. The minimum absolute atomic E-state index is 0.0209. The number of carboxylic acid groups (broad SMARTS) is 1. The fourth-order valence-corrected chi connectivity index (χ4v) is 3.99. The van der Waals surface area contributed by atoms with E-state index in [9.17, 15) is 18.3 Å². The molecule has 0 spiro atoms. The van der Waals surface area contributed by atoms with Crippen molar-refractivity contribution < 1.29 is 23.4 Å². The molecule has 0 saturated carbocycles. The first-order chi connectivity index (χ1) is 9.72. The summed E-state index contributed by atoms with van der Waals surface area (Å²) in [6.07, 6.45) is 0. The fraction of sp³-hybridized carbons (Fsp3) is 0.154. The van der Waals surface area contributed by atoms with Crippen LogP contribution in [0, 0.1) is 13.8 Å². The molecule has 0 aliphatic heterocycles. The van der Waals surface area contributed by atoms with Gasteiger partial charge in [-0.1, -0.05) is 6.07 Å². The maximum absolute atomic E-state index is 12.2. The third-order valence-electron chi connectivity index (χ3n) is 2.93. The summed E-state index contributed by atoms with van der Waals surface area (Å²) in [6.45, 7) is 3.30. The van der Waals surface area contributed by atoms with Crippen molar-refractivity contribution in [1.29, 1.82) is 0 Å². The molecule has 6 nitrogen and oxygen atoms in total. The second-order valence-corrected chi connectivity index (χ2v) is 7.43. The van der Waals surface area contributed by atoms with Crippen molar-refractivity contribution in [2.24, 2.45) is 0 Å². The number of hydrogen-bond acceptors (Lipinski definition) is 5. The molecule has 0 amide bonds. The number of carboxylic acids is 1. The number of thiophene rings is 1. The number of nitrogens with one attached hydrogen (secondary N) is 1. The second kappa shape index (κ2) is 5.38. The lowest BCUT2D eigenvalue weighted by Crippen LogP contribution is -2.12. The summed E-state index contributed by atoms with van der Waals surface area (Å²) in [4.78, 5) is 10.7. The molecule has 0 radical (unpaired) electrons. The molecule has 0 bridgehead atoms. The van der Waals surface area contributed by atoms with Gasteiger partial charge in [0.25, 0.3) is 10.0 Å². The Kier molecular flexibility index (Phi) is 3.93. The second-order valence-electron chi connectivity index (χ2n) is 4.43. The lowest BCUT2D eigenvalue weighted by Gasteiger charge is -2.11. The highest BCUT2D eigenvalue weighted by molar-refractivity contribution is 7.94. The molecule has 0 aliphatic carbocycles. The van der Waals surface area contributed by atoms with Crippen LogP contribution < -0.4 is 4.72 Å². The third-order valence-corrected chi connectivity index (χ3v) is 5.86. The molecular weight excluding hydrogens is 314 g/mol. The van der Waals surface area contributed by atoms with Crippen LogP contribution in [-0.2, 0) is 10.0 Å². The molecule has 1 heterocycles. The van der Waals surface area contributed by atoms with Crippen molar-refractivity contribution >= 4 is 33.0 Å². The first-order valence-corrected chi connectivity index (χ1v) is 8.17. The maximum atomic E-state index is 12.2. The molecule has 1 aromatic carbocycles. The molecule has 0 unspecified atom stereocenters. The van der Waals surface area contributed by atoms with Crippen LogP contribution in [0.25, 0.3) is 0 Å². The zero-order chi connectivity index (χ0) is 15.8. The van der Waals surface area contributed by atoms with Crippen LogP contribution in [0.5, 0.6) is 5.75 Å². The first-order valence-electron chi connectivity index (χ1n) is 5.87. The predicted octanol–water partition coefficient (Wildman–Crippen LogP) is 2.57. The van der Waals surface area contributed by atoms with E-state index in [0.717, 1.165) is 0 Å². The van der Waals surface area contributed by atoms with E-state index in [0.29, 0.717) is 22.5 Å². The fourth-order valence-electron chi connectivity index (χ4n) is 1.72. The molecule has 1 aromatic heterocycles. The number of phenolic OH excluding ortho intramolecular Hbond substituents is 1. The van der Waals surface area contributed by atoms with Crippen LogP contribution in [0.3, 0.4) is 0 Å². The largest absolute Gasteiger partial charge is 0.507 e. The molecule has 0 saturated heterocycles. The zero-order valence-corrected chi connectivity index (χ0v) is 12.9. The van der Waals surface area contributed by atoms with Crippen molar-refractivity contribution in [3.8, 4) is 5.75 Å². The number of aromatic hydroxyl groups is 1. The summed E-state index contributed by atoms with van der Waals surface area (Å²) < 4.78 is 26.7. The molecule has 112 valence electrons. The van der Waals surface area contributed by atoms with Gasteiger partial charge in [-0.05, 0) is 37.6 Å². The van der Waals surface area contributed by atoms with Gasteiger partial charge in [0, 0.05) is 5.56 Å². The van der Waals surface area contributed by atoms with E-state index >= 15 is 0 Å². The van der Waals surface area contributed by atoms with Gasteiger partial charge in [-0.2, -0.15) is 0 Å². The average Bonchev–Trinajstić information content (AvgIpc) is 2.90. The zero-order valence-electron chi connectivity index (χ0n) is 11.2. The molecule has 21 heavy (non-hydrogen) atoms. The molecule has 0 atom stereocenters. The maximum Gasteiger partial charge on any atom is 0.345 e. The number of benzene rings is 1. The highest BCUT2D eigenvalue weighted by atomic mass is 32.2. The lowest BCUT2D eigenvalue weighted by atomic mass is 10.1. The van der Waals surface area contributed by atoms with Gasteiger partial charge in [0.05, 0.1) is 5.69 Å². The lowest BCUT2D eigenvalue weighted by molar-refractivity contribution is 0.0702. The van der Waals surface area contributed by atoms with Crippen LogP contribution in [0.15, 0.2) is 28.5 Å². The third kappa shape index (κ3) is 3.01. The molecule has 8 heteroatoms. The van der Waals surface area contributed by atoms with Gasteiger partial charge in [-0.25, -0.2) is 13.2 Å². The number of phenols is 1. The topological polar surface area (TPSA) is 104 Å². The standard InChI is InChI=1S/C13H13NO5S2/c1-7-3-4-9(8(2)12(7)15)14-21(18,19)11-6-5-10(20-11)13(16)17/h3-6,14-15H,1-2H3,(H,16,17).